The number of hydrogen-bond donors (Lipinski definition) is 0. The van der Waals surface area contributed by atoms with E-state index in [4.69, 9.17) is 11.6 Å². The van der Waals surface area contributed by atoms with Crippen molar-refractivity contribution in [1.82, 2.24) is 4.98 Å². The number of pyridine rings is 1. The smallest absolute Gasteiger partial charge is 0.0894 e. The Morgan fingerprint density at radius 1 is 1.36 bits per heavy atom. The highest BCUT2D eigenvalue weighted by atomic mass is 35.5. The third kappa shape index (κ3) is 1.48. The van der Waals surface area contributed by atoms with Crippen LogP contribution in [0.3, 0.4) is 0 Å². The van der Waals surface area contributed by atoms with Crippen LogP contribution in [-0.4, -0.2) is 4.98 Å². The molecule has 0 aliphatic heterocycles. The Kier molecular flexibility index (Phi) is 2.42. The van der Waals surface area contributed by atoms with Crippen LogP contribution < -0.4 is 0 Å². The summed E-state index contributed by atoms with van der Waals surface area (Å²) in [5.74, 6) is 0. The number of halogens is 1. The summed E-state index contributed by atoms with van der Waals surface area (Å²) in [6.07, 6.45) is 0.946. The zero-order valence-electron chi connectivity index (χ0n) is 8.34. The second-order valence-corrected chi connectivity index (χ2v) is 3.83. The van der Waals surface area contributed by atoms with Gasteiger partial charge in [-0.3, -0.25) is 4.98 Å². The van der Waals surface area contributed by atoms with Gasteiger partial charge in [-0.1, -0.05) is 30.7 Å². The van der Waals surface area contributed by atoms with E-state index >= 15 is 0 Å². The van der Waals surface area contributed by atoms with Crippen LogP contribution >= 0.6 is 11.6 Å². The molecule has 0 atom stereocenters. The van der Waals surface area contributed by atoms with Crippen LogP contribution in [0.25, 0.3) is 10.9 Å². The number of aryl methyl sites for hydroxylation is 2. The van der Waals surface area contributed by atoms with Crippen molar-refractivity contribution in [3.8, 4) is 0 Å². The molecule has 1 nitrogen and oxygen atoms in total. The Labute approximate surface area is 88.7 Å². The molecule has 2 aromatic rings. The number of hydrogen-bond acceptors (Lipinski definition) is 1. The van der Waals surface area contributed by atoms with E-state index in [9.17, 15) is 0 Å². The molecule has 0 amide bonds. The number of para-hydroxylation sites is 1. The number of rotatable bonds is 1. The van der Waals surface area contributed by atoms with Crippen LogP contribution in [0, 0.1) is 6.92 Å². The van der Waals surface area contributed by atoms with Gasteiger partial charge in [0.2, 0.25) is 0 Å². The molecule has 1 aromatic carbocycles. The van der Waals surface area contributed by atoms with Crippen molar-refractivity contribution in [3.05, 3.63) is 40.5 Å². The lowest BCUT2D eigenvalue weighted by Crippen LogP contribution is -1.91. The van der Waals surface area contributed by atoms with E-state index in [0.29, 0.717) is 0 Å². The van der Waals surface area contributed by atoms with E-state index in [-0.39, 0.29) is 0 Å². The average molecular weight is 206 g/mol. The monoisotopic (exact) mass is 205 g/mol. The summed E-state index contributed by atoms with van der Waals surface area (Å²) in [4.78, 5) is 4.52. The van der Waals surface area contributed by atoms with Gasteiger partial charge >= 0.3 is 0 Å². The minimum Gasteiger partial charge on any atom is -0.251 e. The second kappa shape index (κ2) is 3.58. The fourth-order valence-corrected chi connectivity index (χ4v) is 1.85. The molecule has 0 saturated heterocycles. The van der Waals surface area contributed by atoms with Gasteiger partial charge < -0.3 is 0 Å². The van der Waals surface area contributed by atoms with Crippen LogP contribution in [0.5, 0.6) is 0 Å². The molecule has 72 valence electrons. The second-order valence-electron chi connectivity index (χ2n) is 3.42. The molecule has 0 spiro atoms. The maximum Gasteiger partial charge on any atom is 0.0894 e. The summed E-state index contributed by atoms with van der Waals surface area (Å²) in [7, 11) is 0. The molecule has 0 fully saturated rings. The summed E-state index contributed by atoms with van der Waals surface area (Å²) in [6.45, 7) is 4.20. The molecule has 0 radical (unpaired) electrons. The van der Waals surface area contributed by atoms with Gasteiger partial charge in [-0.05, 0) is 31.0 Å². The molecular weight excluding hydrogens is 194 g/mol. The highest BCUT2D eigenvalue weighted by Gasteiger charge is 2.04. The van der Waals surface area contributed by atoms with Crippen LogP contribution in [0.1, 0.15) is 18.2 Å². The predicted molar refractivity (Wildman–Crippen MR) is 60.9 cm³/mol. The maximum atomic E-state index is 6.10. The van der Waals surface area contributed by atoms with Crippen molar-refractivity contribution in [1.29, 1.82) is 0 Å². The van der Waals surface area contributed by atoms with Gasteiger partial charge in [0.05, 0.1) is 10.5 Å². The molecule has 14 heavy (non-hydrogen) atoms. The fourth-order valence-electron chi connectivity index (χ4n) is 1.63. The van der Waals surface area contributed by atoms with Crippen molar-refractivity contribution in [2.45, 2.75) is 20.3 Å². The highest BCUT2D eigenvalue weighted by Crippen LogP contribution is 2.24. The van der Waals surface area contributed by atoms with Crippen molar-refractivity contribution < 1.29 is 0 Å². The summed E-state index contributed by atoms with van der Waals surface area (Å²) < 4.78 is 0. The van der Waals surface area contributed by atoms with E-state index in [2.05, 4.69) is 31.0 Å². The van der Waals surface area contributed by atoms with Crippen molar-refractivity contribution in [3.63, 3.8) is 0 Å². The zero-order chi connectivity index (χ0) is 10.1. The van der Waals surface area contributed by atoms with Crippen molar-refractivity contribution in [2.75, 3.05) is 0 Å². The van der Waals surface area contributed by atoms with E-state index < -0.39 is 0 Å². The lowest BCUT2D eigenvalue weighted by atomic mass is 10.1. The molecule has 0 unspecified atom stereocenters. The Bertz CT molecular complexity index is 477. The van der Waals surface area contributed by atoms with Gasteiger partial charge in [0.1, 0.15) is 0 Å². The minimum absolute atomic E-state index is 0.737. The largest absolute Gasteiger partial charge is 0.251 e. The van der Waals surface area contributed by atoms with Gasteiger partial charge in [0.15, 0.2) is 0 Å². The van der Waals surface area contributed by atoms with E-state index in [0.717, 1.165) is 28.0 Å². The average Bonchev–Trinajstić information content (AvgIpc) is 2.19. The molecule has 0 bridgehead atoms. The summed E-state index contributed by atoms with van der Waals surface area (Å²) >= 11 is 6.10. The van der Waals surface area contributed by atoms with Gasteiger partial charge in [0, 0.05) is 11.1 Å². The van der Waals surface area contributed by atoms with Gasteiger partial charge in [-0.15, -0.1) is 0 Å². The molecule has 0 N–H and O–H groups in total. The lowest BCUT2D eigenvalue weighted by molar-refractivity contribution is 1.05. The zero-order valence-corrected chi connectivity index (χ0v) is 9.10. The maximum absolute atomic E-state index is 6.10. The van der Waals surface area contributed by atoms with E-state index in [1.807, 2.05) is 12.1 Å². The molecule has 2 heteroatoms. The molecule has 0 saturated carbocycles. The fraction of sp³-hybridized carbons (Fsp3) is 0.250. The first kappa shape index (κ1) is 9.47. The van der Waals surface area contributed by atoms with Gasteiger partial charge in [-0.2, -0.15) is 0 Å². The first-order valence-corrected chi connectivity index (χ1v) is 5.15. The van der Waals surface area contributed by atoms with Crippen LogP contribution in [0.4, 0.5) is 0 Å². The molecule has 0 aliphatic carbocycles. The number of benzene rings is 1. The summed E-state index contributed by atoms with van der Waals surface area (Å²) in [6, 6.07) is 8.03. The predicted octanol–water partition coefficient (Wildman–Crippen LogP) is 3.76. The first-order valence-electron chi connectivity index (χ1n) is 4.77. The van der Waals surface area contributed by atoms with E-state index in [1.165, 1.54) is 5.56 Å². The molecule has 0 aliphatic rings. The number of aromatic nitrogens is 1. The third-order valence-electron chi connectivity index (χ3n) is 2.41. The Balaban J connectivity index is 2.83. The normalized spacial score (nSPS) is 10.8. The quantitative estimate of drug-likeness (QED) is 0.691. The number of fused-ring (bicyclic) bond motifs is 1. The molecular formula is C12H12ClN. The van der Waals surface area contributed by atoms with E-state index in [1.54, 1.807) is 0 Å². The SMILES string of the molecule is CCc1cc(C)c2cccc(Cl)c2n1. The Morgan fingerprint density at radius 2 is 2.14 bits per heavy atom. The summed E-state index contributed by atoms with van der Waals surface area (Å²) in [5, 5.41) is 1.88. The molecule has 2 rings (SSSR count). The third-order valence-corrected chi connectivity index (χ3v) is 2.72. The topological polar surface area (TPSA) is 12.9 Å². The summed E-state index contributed by atoms with van der Waals surface area (Å²) in [5.41, 5.74) is 3.27. The van der Waals surface area contributed by atoms with Gasteiger partial charge in [0.25, 0.3) is 0 Å². The standard InChI is InChI=1S/C12H12ClN/c1-3-9-7-8(2)10-5-4-6-11(13)12(10)14-9/h4-7H,3H2,1-2H3. The number of nitrogens with zero attached hydrogens (tertiary/aromatic N) is 1. The Morgan fingerprint density at radius 3 is 2.86 bits per heavy atom. The van der Waals surface area contributed by atoms with Crippen LogP contribution in [0.15, 0.2) is 24.3 Å². The van der Waals surface area contributed by atoms with Crippen molar-refractivity contribution in [2.24, 2.45) is 0 Å². The first-order chi connectivity index (χ1) is 6.72. The highest BCUT2D eigenvalue weighted by molar-refractivity contribution is 6.35. The molecule has 1 heterocycles. The minimum atomic E-state index is 0.737. The molecule has 1 aromatic heterocycles. The van der Waals surface area contributed by atoms with Crippen LogP contribution in [0.2, 0.25) is 5.02 Å². The van der Waals surface area contributed by atoms with Gasteiger partial charge in [-0.25, -0.2) is 0 Å². The van der Waals surface area contributed by atoms with Crippen molar-refractivity contribution >= 4 is 22.5 Å². The lowest BCUT2D eigenvalue weighted by Gasteiger charge is -2.05. The van der Waals surface area contributed by atoms with Crippen LogP contribution in [-0.2, 0) is 6.42 Å². The Hall–Kier alpha value is -1.08.